The van der Waals surface area contributed by atoms with E-state index in [1.807, 2.05) is 0 Å². The molecule has 0 aliphatic rings. The summed E-state index contributed by atoms with van der Waals surface area (Å²) >= 11 is 0. The van der Waals surface area contributed by atoms with Crippen LogP contribution in [0.2, 0.25) is 0 Å². The fourth-order valence-corrected chi connectivity index (χ4v) is 2.19. The van der Waals surface area contributed by atoms with Crippen molar-refractivity contribution in [3.05, 3.63) is 35.9 Å². The van der Waals surface area contributed by atoms with Gasteiger partial charge in [0.25, 0.3) is 0 Å². The van der Waals surface area contributed by atoms with E-state index in [9.17, 15) is 0 Å². The average Bonchev–Trinajstić information content (AvgIpc) is 2.26. The normalized spacial score (nSPS) is 12.1. The molecular formula is C16H27N. The van der Waals surface area contributed by atoms with Gasteiger partial charge < -0.3 is 4.90 Å². The molecular weight excluding hydrogens is 206 g/mol. The van der Waals surface area contributed by atoms with Gasteiger partial charge in [0.1, 0.15) is 0 Å². The Morgan fingerprint density at radius 2 is 1.65 bits per heavy atom. The number of benzene rings is 1. The van der Waals surface area contributed by atoms with Gasteiger partial charge in [0.05, 0.1) is 0 Å². The van der Waals surface area contributed by atoms with Crippen LogP contribution in [0.15, 0.2) is 30.3 Å². The summed E-state index contributed by atoms with van der Waals surface area (Å²) in [7, 11) is 0. The largest absolute Gasteiger partial charge is 0.302 e. The zero-order valence-corrected chi connectivity index (χ0v) is 11.9. The number of hydrogen-bond acceptors (Lipinski definition) is 1. The van der Waals surface area contributed by atoms with Crippen molar-refractivity contribution < 1.29 is 0 Å². The molecule has 0 radical (unpaired) electrons. The molecule has 96 valence electrons. The summed E-state index contributed by atoms with van der Waals surface area (Å²) in [4.78, 5) is 2.59. The molecule has 1 heteroatoms. The molecule has 0 heterocycles. The molecule has 0 N–H and O–H groups in total. The SMILES string of the molecule is CCCN(CCc1ccccc1)CC(C)(C)C. The van der Waals surface area contributed by atoms with Gasteiger partial charge in [0.2, 0.25) is 0 Å². The lowest BCUT2D eigenvalue weighted by molar-refractivity contribution is 0.193. The molecule has 0 bridgehead atoms. The maximum atomic E-state index is 2.59. The molecule has 0 aliphatic carbocycles. The molecule has 0 amide bonds. The Morgan fingerprint density at radius 1 is 1.00 bits per heavy atom. The van der Waals surface area contributed by atoms with Crippen LogP contribution < -0.4 is 0 Å². The predicted molar refractivity (Wildman–Crippen MR) is 76.3 cm³/mol. The van der Waals surface area contributed by atoms with E-state index in [0.717, 1.165) is 6.42 Å². The van der Waals surface area contributed by atoms with Crippen molar-refractivity contribution in [3.63, 3.8) is 0 Å². The standard InChI is InChI=1S/C16H27N/c1-5-12-17(14-16(2,3)4)13-11-15-9-7-6-8-10-15/h6-10H,5,11-14H2,1-4H3. The molecule has 0 aliphatic heterocycles. The lowest BCUT2D eigenvalue weighted by Gasteiger charge is -2.29. The lowest BCUT2D eigenvalue weighted by Crippen LogP contribution is -2.34. The Kier molecular flexibility index (Phi) is 5.70. The van der Waals surface area contributed by atoms with Gasteiger partial charge in [-0.05, 0) is 30.4 Å². The van der Waals surface area contributed by atoms with Crippen LogP contribution in [0.1, 0.15) is 39.7 Å². The van der Waals surface area contributed by atoms with Crippen LogP contribution in [0.3, 0.4) is 0 Å². The van der Waals surface area contributed by atoms with Gasteiger partial charge in [-0.2, -0.15) is 0 Å². The van der Waals surface area contributed by atoms with Gasteiger partial charge in [-0.3, -0.25) is 0 Å². The van der Waals surface area contributed by atoms with Crippen molar-refractivity contribution in [3.8, 4) is 0 Å². The van der Waals surface area contributed by atoms with E-state index in [0.29, 0.717) is 5.41 Å². The van der Waals surface area contributed by atoms with Gasteiger partial charge in [-0.15, -0.1) is 0 Å². The number of rotatable bonds is 6. The summed E-state index contributed by atoms with van der Waals surface area (Å²) in [6.07, 6.45) is 2.40. The van der Waals surface area contributed by atoms with Gasteiger partial charge >= 0.3 is 0 Å². The summed E-state index contributed by atoms with van der Waals surface area (Å²) in [6.45, 7) is 12.8. The second kappa shape index (κ2) is 6.80. The first-order valence-corrected chi connectivity index (χ1v) is 6.77. The van der Waals surface area contributed by atoms with Crippen LogP contribution in [0.25, 0.3) is 0 Å². The Balaban J connectivity index is 2.44. The Hall–Kier alpha value is -0.820. The first kappa shape index (κ1) is 14.2. The molecule has 0 unspecified atom stereocenters. The van der Waals surface area contributed by atoms with Crippen LogP contribution in [0.4, 0.5) is 0 Å². The molecule has 0 fully saturated rings. The third-order valence-corrected chi connectivity index (χ3v) is 2.80. The highest BCUT2D eigenvalue weighted by molar-refractivity contribution is 5.14. The van der Waals surface area contributed by atoms with Gasteiger partial charge in [-0.1, -0.05) is 58.0 Å². The van der Waals surface area contributed by atoms with Gasteiger partial charge in [-0.25, -0.2) is 0 Å². The lowest BCUT2D eigenvalue weighted by atomic mass is 9.95. The number of nitrogens with zero attached hydrogens (tertiary/aromatic N) is 1. The zero-order valence-electron chi connectivity index (χ0n) is 11.9. The molecule has 1 nitrogen and oxygen atoms in total. The quantitative estimate of drug-likeness (QED) is 0.718. The van der Waals surface area contributed by atoms with Crippen molar-refractivity contribution in [1.82, 2.24) is 4.90 Å². The molecule has 1 aromatic rings. The topological polar surface area (TPSA) is 3.24 Å². The molecule has 0 spiro atoms. The maximum Gasteiger partial charge on any atom is 0.00302 e. The molecule has 0 saturated carbocycles. The highest BCUT2D eigenvalue weighted by atomic mass is 15.1. The second-order valence-corrected chi connectivity index (χ2v) is 6.07. The monoisotopic (exact) mass is 233 g/mol. The van der Waals surface area contributed by atoms with E-state index < -0.39 is 0 Å². The fraction of sp³-hybridized carbons (Fsp3) is 0.625. The summed E-state index contributed by atoms with van der Waals surface area (Å²) < 4.78 is 0. The van der Waals surface area contributed by atoms with E-state index in [1.165, 1.54) is 31.6 Å². The smallest absolute Gasteiger partial charge is 0.00302 e. The average molecular weight is 233 g/mol. The summed E-state index contributed by atoms with van der Waals surface area (Å²) in [6, 6.07) is 10.8. The zero-order chi connectivity index (χ0) is 12.7. The predicted octanol–water partition coefficient (Wildman–Crippen LogP) is 3.99. The third kappa shape index (κ3) is 6.48. The van der Waals surface area contributed by atoms with Gasteiger partial charge in [0.15, 0.2) is 0 Å². The van der Waals surface area contributed by atoms with Crippen molar-refractivity contribution in [2.75, 3.05) is 19.6 Å². The highest BCUT2D eigenvalue weighted by Crippen LogP contribution is 2.15. The van der Waals surface area contributed by atoms with Gasteiger partial charge in [0, 0.05) is 13.1 Å². The third-order valence-electron chi connectivity index (χ3n) is 2.80. The first-order valence-electron chi connectivity index (χ1n) is 6.77. The first-order chi connectivity index (χ1) is 8.01. The van der Waals surface area contributed by atoms with E-state index in [2.05, 4.69) is 62.9 Å². The Labute approximate surface area is 107 Å². The molecule has 0 saturated heterocycles. The minimum Gasteiger partial charge on any atom is -0.302 e. The van der Waals surface area contributed by atoms with Crippen molar-refractivity contribution in [1.29, 1.82) is 0 Å². The Morgan fingerprint density at radius 3 is 2.18 bits per heavy atom. The summed E-state index contributed by atoms with van der Waals surface area (Å²) in [5.41, 5.74) is 1.84. The summed E-state index contributed by atoms with van der Waals surface area (Å²) in [5.74, 6) is 0. The maximum absolute atomic E-state index is 2.59. The van der Waals surface area contributed by atoms with Crippen molar-refractivity contribution >= 4 is 0 Å². The minimum atomic E-state index is 0.395. The Bertz CT molecular complexity index is 297. The van der Waals surface area contributed by atoms with Crippen molar-refractivity contribution in [2.45, 2.75) is 40.5 Å². The fourth-order valence-electron chi connectivity index (χ4n) is 2.19. The van der Waals surface area contributed by atoms with E-state index in [4.69, 9.17) is 0 Å². The van der Waals surface area contributed by atoms with E-state index in [-0.39, 0.29) is 0 Å². The van der Waals surface area contributed by atoms with Crippen LogP contribution in [-0.4, -0.2) is 24.5 Å². The van der Waals surface area contributed by atoms with Crippen LogP contribution in [-0.2, 0) is 6.42 Å². The summed E-state index contributed by atoms with van der Waals surface area (Å²) in [5, 5.41) is 0. The number of hydrogen-bond donors (Lipinski definition) is 0. The van der Waals surface area contributed by atoms with Crippen LogP contribution >= 0.6 is 0 Å². The molecule has 0 aromatic heterocycles. The highest BCUT2D eigenvalue weighted by Gasteiger charge is 2.15. The van der Waals surface area contributed by atoms with E-state index >= 15 is 0 Å². The molecule has 0 atom stereocenters. The molecule has 17 heavy (non-hydrogen) atoms. The minimum absolute atomic E-state index is 0.395. The van der Waals surface area contributed by atoms with Crippen molar-refractivity contribution in [2.24, 2.45) is 5.41 Å². The second-order valence-electron chi connectivity index (χ2n) is 6.07. The molecule has 1 rings (SSSR count). The van der Waals surface area contributed by atoms with Crippen LogP contribution in [0.5, 0.6) is 0 Å². The molecule has 1 aromatic carbocycles. The van der Waals surface area contributed by atoms with E-state index in [1.54, 1.807) is 0 Å². The van der Waals surface area contributed by atoms with Crippen LogP contribution in [0, 0.1) is 5.41 Å².